The zero-order valence-corrected chi connectivity index (χ0v) is 12.8. The van der Waals surface area contributed by atoms with Crippen LogP contribution in [0.2, 0.25) is 0 Å². The molecule has 19 heavy (non-hydrogen) atoms. The van der Waals surface area contributed by atoms with Gasteiger partial charge in [0.2, 0.25) is 0 Å². The molecule has 0 bridgehead atoms. The number of carbonyl (C=O) groups is 1. The summed E-state index contributed by atoms with van der Waals surface area (Å²) in [6.45, 7) is 10.7. The van der Waals surface area contributed by atoms with Crippen molar-refractivity contribution < 1.29 is 4.79 Å². The Kier molecular flexibility index (Phi) is 6.61. The Morgan fingerprint density at radius 2 is 1.63 bits per heavy atom. The average Bonchev–Trinajstić information content (AvgIpc) is 2.48. The molecule has 0 atom stereocenters. The Hall–Kier alpha value is -1.31. The van der Waals surface area contributed by atoms with Gasteiger partial charge in [-0.25, -0.2) is 0 Å². The van der Waals surface area contributed by atoms with E-state index in [1.807, 2.05) is 19.1 Å². The van der Waals surface area contributed by atoms with E-state index in [9.17, 15) is 4.79 Å². The van der Waals surface area contributed by atoms with Gasteiger partial charge in [-0.2, -0.15) is 0 Å². The molecule has 2 heteroatoms. The standard InChI is InChI=1S/C17H27NO/c1-5-14(6-2)13-18(8-4)16-11-9-15(10-12-16)17(19)7-3/h9-12,14H,5-8,13H2,1-4H3. The molecule has 0 aliphatic rings. The van der Waals surface area contributed by atoms with E-state index in [0.29, 0.717) is 6.42 Å². The first-order valence-corrected chi connectivity index (χ1v) is 7.54. The maximum Gasteiger partial charge on any atom is 0.162 e. The van der Waals surface area contributed by atoms with Crippen LogP contribution >= 0.6 is 0 Å². The summed E-state index contributed by atoms with van der Waals surface area (Å²) in [7, 11) is 0. The first-order chi connectivity index (χ1) is 9.15. The van der Waals surface area contributed by atoms with Crippen LogP contribution in [0.15, 0.2) is 24.3 Å². The van der Waals surface area contributed by atoms with Crippen LogP contribution in [0.4, 0.5) is 5.69 Å². The molecule has 2 nitrogen and oxygen atoms in total. The van der Waals surface area contributed by atoms with Gasteiger partial charge in [-0.1, -0.05) is 33.6 Å². The van der Waals surface area contributed by atoms with Gasteiger partial charge in [-0.05, 0) is 37.1 Å². The van der Waals surface area contributed by atoms with Crippen molar-refractivity contribution in [3.8, 4) is 0 Å². The highest BCUT2D eigenvalue weighted by Crippen LogP contribution is 2.19. The molecule has 0 aromatic heterocycles. The number of hydrogen-bond donors (Lipinski definition) is 0. The highest BCUT2D eigenvalue weighted by atomic mass is 16.1. The number of nitrogens with zero attached hydrogens (tertiary/aromatic N) is 1. The van der Waals surface area contributed by atoms with E-state index in [1.165, 1.54) is 18.5 Å². The molecule has 0 N–H and O–H groups in total. The van der Waals surface area contributed by atoms with Gasteiger partial charge in [-0.15, -0.1) is 0 Å². The third-order valence-electron chi connectivity index (χ3n) is 3.89. The zero-order chi connectivity index (χ0) is 14.3. The quantitative estimate of drug-likeness (QED) is 0.640. The van der Waals surface area contributed by atoms with Crippen LogP contribution in [0.3, 0.4) is 0 Å². The molecule has 0 amide bonds. The molecule has 1 aromatic rings. The van der Waals surface area contributed by atoms with Gasteiger partial charge in [0.25, 0.3) is 0 Å². The Morgan fingerprint density at radius 3 is 2.05 bits per heavy atom. The SMILES string of the molecule is CCC(=O)c1ccc(N(CC)CC(CC)CC)cc1. The lowest BCUT2D eigenvalue weighted by Crippen LogP contribution is -2.28. The molecule has 0 saturated heterocycles. The lowest BCUT2D eigenvalue weighted by atomic mass is 10.0. The first kappa shape index (κ1) is 15.7. The molecule has 1 aromatic carbocycles. The molecule has 0 saturated carbocycles. The second-order valence-electron chi connectivity index (χ2n) is 5.04. The van der Waals surface area contributed by atoms with Gasteiger partial charge in [0.15, 0.2) is 5.78 Å². The van der Waals surface area contributed by atoms with Crippen LogP contribution in [0.25, 0.3) is 0 Å². The second kappa shape index (κ2) is 7.98. The average molecular weight is 261 g/mol. The Morgan fingerprint density at radius 1 is 1.05 bits per heavy atom. The Labute approximate surface area is 117 Å². The molecule has 0 heterocycles. The Balaban J connectivity index is 2.79. The molecule has 0 radical (unpaired) electrons. The molecular weight excluding hydrogens is 234 g/mol. The number of carbonyl (C=O) groups excluding carboxylic acids is 1. The van der Waals surface area contributed by atoms with Crippen molar-refractivity contribution in [3.63, 3.8) is 0 Å². The monoisotopic (exact) mass is 261 g/mol. The minimum atomic E-state index is 0.217. The largest absolute Gasteiger partial charge is 0.372 e. The van der Waals surface area contributed by atoms with E-state index < -0.39 is 0 Å². The fraction of sp³-hybridized carbons (Fsp3) is 0.588. The molecule has 0 aliphatic heterocycles. The minimum absolute atomic E-state index is 0.217. The lowest BCUT2D eigenvalue weighted by molar-refractivity contribution is 0.0988. The molecule has 0 fully saturated rings. The number of Topliss-reactive ketones (excluding diaryl/α,β-unsaturated/α-hetero) is 1. The summed E-state index contributed by atoms with van der Waals surface area (Å²) >= 11 is 0. The smallest absolute Gasteiger partial charge is 0.162 e. The molecular formula is C17H27NO. The van der Waals surface area contributed by atoms with Gasteiger partial charge in [0.05, 0.1) is 0 Å². The van der Waals surface area contributed by atoms with E-state index in [1.54, 1.807) is 0 Å². The van der Waals surface area contributed by atoms with Crippen molar-refractivity contribution in [3.05, 3.63) is 29.8 Å². The van der Waals surface area contributed by atoms with E-state index in [4.69, 9.17) is 0 Å². The normalized spacial score (nSPS) is 10.8. The van der Waals surface area contributed by atoms with Crippen molar-refractivity contribution in [2.75, 3.05) is 18.0 Å². The van der Waals surface area contributed by atoms with Gasteiger partial charge < -0.3 is 4.90 Å². The highest BCUT2D eigenvalue weighted by molar-refractivity contribution is 5.96. The third kappa shape index (κ3) is 4.38. The molecule has 0 spiro atoms. The fourth-order valence-corrected chi connectivity index (χ4v) is 2.34. The van der Waals surface area contributed by atoms with Gasteiger partial charge in [0, 0.05) is 30.8 Å². The van der Waals surface area contributed by atoms with Crippen LogP contribution < -0.4 is 4.90 Å². The molecule has 0 unspecified atom stereocenters. The summed E-state index contributed by atoms with van der Waals surface area (Å²) in [4.78, 5) is 14.0. The summed E-state index contributed by atoms with van der Waals surface area (Å²) in [5.74, 6) is 0.964. The predicted molar refractivity (Wildman–Crippen MR) is 83.0 cm³/mol. The van der Waals surface area contributed by atoms with Crippen molar-refractivity contribution in [1.29, 1.82) is 0 Å². The third-order valence-corrected chi connectivity index (χ3v) is 3.89. The molecule has 1 rings (SSSR count). The lowest BCUT2D eigenvalue weighted by Gasteiger charge is -2.27. The number of rotatable bonds is 8. The first-order valence-electron chi connectivity index (χ1n) is 7.54. The maximum absolute atomic E-state index is 11.6. The van der Waals surface area contributed by atoms with Crippen LogP contribution in [0, 0.1) is 5.92 Å². The van der Waals surface area contributed by atoms with Crippen LogP contribution in [0.1, 0.15) is 57.3 Å². The summed E-state index contributed by atoms with van der Waals surface area (Å²) < 4.78 is 0. The number of anilines is 1. The van der Waals surface area contributed by atoms with Gasteiger partial charge >= 0.3 is 0 Å². The van der Waals surface area contributed by atoms with E-state index in [0.717, 1.165) is 24.6 Å². The summed E-state index contributed by atoms with van der Waals surface area (Å²) in [5, 5.41) is 0. The fourth-order valence-electron chi connectivity index (χ4n) is 2.34. The summed E-state index contributed by atoms with van der Waals surface area (Å²) in [6.07, 6.45) is 3.02. The van der Waals surface area contributed by atoms with Crippen molar-refractivity contribution in [2.45, 2.75) is 47.0 Å². The van der Waals surface area contributed by atoms with E-state index in [2.05, 4.69) is 37.8 Å². The summed E-state index contributed by atoms with van der Waals surface area (Å²) in [5.41, 5.74) is 2.05. The Bertz CT molecular complexity index is 379. The highest BCUT2D eigenvalue weighted by Gasteiger charge is 2.11. The predicted octanol–water partition coefficient (Wildman–Crippen LogP) is 4.54. The maximum atomic E-state index is 11.6. The number of hydrogen-bond acceptors (Lipinski definition) is 2. The van der Waals surface area contributed by atoms with Crippen LogP contribution in [-0.4, -0.2) is 18.9 Å². The van der Waals surface area contributed by atoms with Gasteiger partial charge in [0.1, 0.15) is 0 Å². The number of ketones is 1. The van der Waals surface area contributed by atoms with Crippen molar-refractivity contribution >= 4 is 11.5 Å². The zero-order valence-electron chi connectivity index (χ0n) is 12.8. The number of benzene rings is 1. The van der Waals surface area contributed by atoms with Crippen LogP contribution in [-0.2, 0) is 0 Å². The second-order valence-corrected chi connectivity index (χ2v) is 5.04. The van der Waals surface area contributed by atoms with Gasteiger partial charge in [-0.3, -0.25) is 4.79 Å². The summed E-state index contributed by atoms with van der Waals surface area (Å²) in [6, 6.07) is 8.07. The van der Waals surface area contributed by atoms with Crippen LogP contribution in [0.5, 0.6) is 0 Å². The minimum Gasteiger partial charge on any atom is -0.372 e. The van der Waals surface area contributed by atoms with Crippen molar-refractivity contribution in [1.82, 2.24) is 0 Å². The molecule has 0 aliphatic carbocycles. The molecule has 106 valence electrons. The van der Waals surface area contributed by atoms with E-state index in [-0.39, 0.29) is 5.78 Å². The topological polar surface area (TPSA) is 20.3 Å². The van der Waals surface area contributed by atoms with Crippen molar-refractivity contribution in [2.24, 2.45) is 5.92 Å². The van der Waals surface area contributed by atoms with E-state index >= 15 is 0 Å².